The number of benzene rings is 4. The summed E-state index contributed by atoms with van der Waals surface area (Å²) in [5.74, 6) is -2.95. The second kappa shape index (κ2) is 10.8. The molecule has 1 aromatic heterocycles. The van der Waals surface area contributed by atoms with Gasteiger partial charge in [0, 0.05) is 23.6 Å². The van der Waals surface area contributed by atoms with Gasteiger partial charge in [0.2, 0.25) is 16.9 Å². The molecule has 1 heterocycles. The summed E-state index contributed by atoms with van der Waals surface area (Å²) in [6.45, 7) is 0. The van der Waals surface area contributed by atoms with Crippen molar-refractivity contribution in [3.05, 3.63) is 75.4 Å². The molecule has 0 bridgehead atoms. The van der Waals surface area contributed by atoms with Gasteiger partial charge in [-0.3, -0.25) is 4.79 Å². The monoisotopic (exact) mass is 576 g/mol. The van der Waals surface area contributed by atoms with Crippen LogP contribution in [0.25, 0.3) is 21.9 Å². The van der Waals surface area contributed by atoms with Gasteiger partial charge in [0.1, 0.15) is 22.1 Å². The first-order chi connectivity index (χ1) is 20.2. The van der Waals surface area contributed by atoms with Gasteiger partial charge in [-0.2, -0.15) is 0 Å². The summed E-state index contributed by atoms with van der Waals surface area (Å²) in [5.41, 5.74) is -0.155. The van der Waals surface area contributed by atoms with Crippen LogP contribution in [0.5, 0.6) is 51.7 Å². The van der Waals surface area contributed by atoms with Crippen molar-refractivity contribution in [2.45, 2.75) is 5.92 Å². The molecule has 11 nitrogen and oxygen atoms in total. The number of rotatable bonds is 8. The molecule has 0 fully saturated rings. The highest BCUT2D eigenvalue weighted by molar-refractivity contribution is 6.01. The van der Waals surface area contributed by atoms with Crippen LogP contribution in [-0.4, -0.2) is 56.0 Å². The van der Waals surface area contributed by atoms with E-state index in [4.69, 9.17) is 28.1 Å². The Hall–Kier alpha value is -5.45. The minimum absolute atomic E-state index is 0.0326. The van der Waals surface area contributed by atoms with E-state index >= 15 is 0 Å². The Kier molecular flexibility index (Phi) is 7.25. The van der Waals surface area contributed by atoms with Crippen LogP contribution in [0.3, 0.4) is 0 Å². The van der Waals surface area contributed by atoms with E-state index in [2.05, 4.69) is 0 Å². The highest BCUT2D eigenvalue weighted by Gasteiger charge is 2.34. The average molecular weight is 577 g/mol. The molecule has 0 amide bonds. The zero-order valence-electron chi connectivity index (χ0n) is 23.3. The number of methoxy groups -OCH3 is 5. The minimum atomic E-state index is -0.904. The SMILES string of the molecule is COc1cc(OC)c(C(c2ccccc2)c2c(O)c(OC)c(O)c3c(=O)c4c(O)c(OC)c(O)cc4oc23)cc1OC. The molecule has 0 radical (unpaired) electrons. The largest absolute Gasteiger partial charge is 0.504 e. The fourth-order valence-corrected chi connectivity index (χ4v) is 5.25. The normalized spacial score (nSPS) is 11.8. The Morgan fingerprint density at radius 2 is 1.26 bits per heavy atom. The predicted octanol–water partition coefficient (Wildman–Crippen LogP) is 4.99. The lowest BCUT2D eigenvalue weighted by atomic mass is 9.82. The number of fused-ring (bicyclic) bond motifs is 2. The average Bonchev–Trinajstić information content (AvgIpc) is 2.99. The van der Waals surface area contributed by atoms with Crippen molar-refractivity contribution in [1.29, 1.82) is 0 Å². The van der Waals surface area contributed by atoms with E-state index < -0.39 is 40.1 Å². The van der Waals surface area contributed by atoms with Crippen LogP contribution in [0.1, 0.15) is 22.6 Å². The molecule has 11 heteroatoms. The summed E-state index contributed by atoms with van der Waals surface area (Å²) in [5, 5.41) is 43.3. The predicted molar refractivity (Wildman–Crippen MR) is 153 cm³/mol. The Morgan fingerprint density at radius 1 is 0.667 bits per heavy atom. The van der Waals surface area contributed by atoms with Crippen molar-refractivity contribution in [1.82, 2.24) is 0 Å². The summed E-state index contributed by atoms with van der Waals surface area (Å²) in [6.07, 6.45) is 0. The van der Waals surface area contributed by atoms with E-state index in [0.717, 1.165) is 6.07 Å². The topological polar surface area (TPSA) is 157 Å². The van der Waals surface area contributed by atoms with Crippen molar-refractivity contribution in [2.24, 2.45) is 0 Å². The minimum Gasteiger partial charge on any atom is -0.504 e. The van der Waals surface area contributed by atoms with Crippen molar-refractivity contribution in [3.63, 3.8) is 0 Å². The van der Waals surface area contributed by atoms with Gasteiger partial charge >= 0.3 is 0 Å². The van der Waals surface area contributed by atoms with Crippen LogP contribution < -0.4 is 29.1 Å². The lowest BCUT2D eigenvalue weighted by Crippen LogP contribution is -2.11. The van der Waals surface area contributed by atoms with Gasteiger partial charge in [-0.25, -0.2) is 0 Å². The van der Waals surface area contributed by atoms with Crippen molar-refractivity contribution in [3.8, 4) is 51.7 Å². The highest BCUT2D eigenvalue weighted by atomic mass is 16.5. The molecular formula is C31H28O11. The molecular weight excluding hydrogens is 548 g/mol. The van der Waals surface area contributed by atoms with E-state index in [-0.39, 0.29) is 33.3 Å². The van der Waals surface area contributed by atoms with E-state index in [1.165, 1.54) is 35.5 Å². The summed E-state index contributed by atoms with van der Waals surface area (Å²) in [6, 6.07) is 13.4. The van der Waals surface area contributed by atoms with Crippen LogP contribution in [0.2, 0.25) is 0 Å². The number of ether oxygens (including phenoxy) is 5. The molecule has 0 aliphatic rings. The molecule has 42 heavy (non-hydrogen) atoms. The van der Waals surface area contributed by atoms with Gasteiger partial charge in [-0.05, 0) is 11.6 Å². The van der Waals surface area contributed by atoms with Crippen LogP contribution in [0, 0.1) is 0 Å². The summed E-state index contributed by atoms with van der Waals surface area (Å²) in [7, 11) is 6.85. The maximum Gasteiger partial charge on any atom is 0.208 e. The molecule has 0 aliphatic carbocycles. The lowest BCUT2D eigenvalue weighted by molar-refractivity contribution is 0.342. The van der Waals surface area contributed by atoms with Crippen molar-refractivity contribution in [2.75, 3.05) is 35.5 Å². The fraction of sp³-hybridized carbons (Fsp3) is 0.194. The smallest absolute Gasteiger partial charge is 0.208 e. The number of hydrogen-bond donors (Lipinski definition) is 4. The van der Waals surface area contributed by atoms with Gasteiger partial charge < -0.3 is 48.5 Å². The molecule has 0 spiro atoms. The van der Waals surface area contributed by atoms with Crippen molar-refractivity contribution >= 4 is 21.9 Å². The molecule has 1 unspecified atom stereocenters. The van der Waals surface area contributed by atoms with Gasteiger partial charge in [-0.15, -0.1) is 0 Å². The van der Waals surface area contributed by atoms with Crippen LogP contribution in [0.4, 0.5) is 0 Å². The van der Waals surface area contributed by atoms with Crippen LogP contribution in [0.15, 0.2) is 57.7 Å². The second-order valence-electron chi connectivity index (χ2n) is 9.22. The Bertz CT molecular complexity index is 1880. The second-order valence-corrected chi connectivity index (χ2v) is 9.22. The Morgan fingerprint density at radius 3 is 1.86 bits per heavy atom. The van der Waals surface area contributed by atoms with E-state index in [1.807, 2.05) is 6.07 Å². The fourth-order valence-electron chi connectivity index (χ4n) is 5.25. The number of hydrogen-bond acceptors (Lipinski definition) is 11. The van der Waals surface area contributed by atoms with Crippen molar-refractivity contribution < 1.29 is 48.5 Å². The van der Waals surface area contributed by atoms with E-state index in [9.17, 15) is 25.2 Å². The van der Waals surface area contributed by atoms with E-state index in [0.29, 0.717) is 28.4 Å². The number of aromatic hydroxyl groups is 4. The Balaban J connectivity index is 2.02. The molecule has 0 saturated carbocycles. The van der Waals surface area contributed by atoms with Gasteiger partial charge in [0.15, 0.2) is 40.1 Å². The lowest BCUT2D eigenvalue weighted by Gasteiger charge is -2.25. The molecule has 4 aromatic carbocycles. The highest BCUT2D eigenvalue weighted by Crippen LogP contribution is 2.53. The third-order valence-corrected chi connectivity index (χ3v) is 7.14. The molecule has 0 saturated heterocycles. The first-order valence-corrected chi connectivity index (χ1v) is 12.6. The number of phenolic OH excluding ortho intramolecular Hbond substituents is 4. The first kappa shape index (κ1) is 28.1. The molecule has 0 aliphatic heterocycles. The molecule has 5 rings (SSSR count). The molecule has 5 aromatic rings. The summed E-state index contributed by atoms with van der Waals surface area (Å²) >= 11 is 0. The summed E-state index contributed by atoms with van der Waals surface area (Å²) < 4.78 is 33.3. The molecule has 1 atom stereocenters. The maximum absolute atomic E-state index is 13.9. The summed E-state index contributed by atoms with van der Waals surface area (Å²) in [4.78, 5) is 13.9. The van der Waals surface area contributed by atoms with Gasteiger partial charge in [-0.1, -0.05) is 30.3 Å². The quantitative estimate of drug-likeness (QED) is 0.146. The third-order valence-electron chi connectivity index (χ3n) is 7.14. The van der Waals surface area contributed by atoms with Crippen LogP contribution in [-0.2, 0) is 0 Å². The maximum atomic E-state index is 13.9. The van der Waals surface area contributed by atoms with E-state index in [1.54, 1.807) is 36.4 Å². The zero-order chi connectivity index (χ0) is 30.3. The van der Waals surface area contributed by atoms with Crippen LogP contribution >= 0.6 is 0 Å². The number of phenols is 4. The third kappa shape index (κ3) is 4.17. The zero-order valence-corrected chi connectivity index (χ0v) is 23.3. The first-order valence-electron chi connectivity index (χ1n) is 12.6. The Labute approximate surface area is 239 Å². The van der Waals surface area contributed by atoms with Gasteiger partial charge in [0.25, 0.3) is 0 Å². The standard InChI is InChI=1S/C31H28O11/c1-37-17-13-19(39-3)18(38-2)11-15(17)21(14-9-7-6-8-10-14)23-27(35)31(41-5)28(36)24-25(33)22-20(42-30(23)24)12-16(32)29(40-4)26(22)34/h6-13,21,32,34-36H,1-5H3. The molecule has 4 N–H and O–H groups in total. The molecule has 218 valence electrons. The van der Waals surface area contributed by atoms with Gasteiger partial charge in [0.05, 0.1) is 41.1 Å².